The first kappa shape index (κ1) is 29.1. The Kier molecular flexibility index (Phi) is 8.94. The molecule has 0 spiro atoms. The number of carbonyl (C=O) groups excluding carboxylic acids is 1. The Bertz CT molecular complexity index is 1400. The van der Waals surface area contributed by atoms with E-state index in [-0.39, 0.29) is 11.8 Å². The molecule has 0 aliphatic carbocycles. The molecule has 2 aromatic heterocycles. The smallest absolute Gasteiger partial charge is 0.240 e. The van der Waals surface area contributed by atoms with Gasteiger partial charge in [-0.25, -0.2) is 9.97 Å². The fourth-order valence-electron chi connectivity index (χ4n) is 7.18. The van der Waals surface area contributed by atoms with E-state index >= 15 is 0 Å². The second-order valence-electron chi connectivity index (χ2n) is 12.7. The number of fused-ring (bicyclic) bond motifs is 1. The highest BCUT2D eigenvalue weighted by atomic mass is 16.5. The van der Waals surface area contributed by atoms with Crippen LogP contribution in [-0.2, 0) is 17.9 Å². The van der Waals surface area contributed by atoms with Crippen LogP contribution in [0.2, 0.25) is 0 Å². The molecule has 3 aromatic rings. The largest absolute Gasteiger partial charge is 0.437 e. The molecule has 3 fully saturated rings. The number of likely N-dealkylation sites (tertiary alicyclic amines) is 1. The van der Waals surface area contributed by atoms with Crippen molar-refractivity contribution in [1.82, 2.24) is 40.2 Å². The SMILES string of the molecule is O=C(CN1Cc2cncnc2C1)N1CCC[C@H](c2cccc(Oc3cc(N4CCN(CC5CCNCC5)CC4)cnn3)c2)C1. The monoisotopic (exact) mass is 597 g/mol. The van der Waals surface area contributed by atoms with E-state index in [2.05, 4.69) is 52.3 Å². The lowest BCUT2D eigenvalue weighted by molar-refractivity contribution is -0.133. The molecule has 1 amide bonds. The number of aromatic nitrogens is 4. The van der Waals surface area contributed by atoms with Gasteiger partial charge in [-0.15, -0.1) is 5.10 Å². The fourth-order valence-corrected chi connectivity index (χ4v) is 7.18. The number of carbonyl (C=O) groups is 1. The van der Waals surface area contributed by atoms with Gasteiger partial charge in [0.25, 0.3) is 0 Å². The summed E-state index contributed by atoms with van der Waals surface area (Å²) in [4.78, 5) is 30.9. The number of hydrogen-bond acceptors (Lipinski definition) is 10. The van der Waals surface area contributed by atoms with Gasteiger partial charge in [0.1, 0.15) is 12.1 Å². The van der Waals surface area contributed by atoms with E-state index < -0.39 is 0 Å². The Balaban J connectivity index is 0.927. The maximum absolute atomic E-state index is 13.3. The molecule has 4 aliphatic rings. The highest BCUT2D eigenvalue weighted by Crippen LogP contribution is 2.31. The summed E-state index contributed by atoms with van der Waals surface area (Å²) >= 11 is 0. The topological polar surface area (TPSA) is 103 Å². The number of nitrogens with zero attached hydrogens (tertiary/aromatic N) is 8. The molecule has 11 nitrogen and oxygen atoms in total. The second-order valence-corrected chi connectivity index (χ2v) is 12.7. The van der Waals surface area contributed by atoms with Crippen molar-refractivity contribution in [2.75, 3.05) is 70.3 Å². The normalized spacial score (nSPS) is 21.8. The standard InChI is InChI=1S/C33H43N9O2/c43-33(23-40-20-28-17-35-24-36-31(28)22-40)42-10-2-4-27(21-42)26-3-1-5-30(15-26)44-32-16-29(18-37-38-32)41-13-11-39(12-14-41)19-25-6-8-34-9-7-25/h1,3,5,15-18,24-25,27,34H,2,4,6-14,19-23H2/t27-/m0/s1. The number of nitrogens with one attached hydrogen (secondary N) is 1. The number of piperazine rings is 1. The number of benzene rings is 1. The zero-order valence-electron chi connectivity index (χ0n) is 25.5. The summed E-state index contributed by atoms with van der Waals surface area (Å²) in [5, 5.41) is 12.0. The number of piperidine rings is 2. The minimum absolute atomic E-state index is 0.182. The van der Waals surface area contributed by atoms with Crippen LogP contribution in [0.4, 0.5) is 5.69 Å². The molecule has 0 radical (unpaired) electrons. The van der Waals surface area contributed by atoms with Crippen molar-refractivity contribution in [3.05, 3.63) is 65.9 Å². The van der Waals surface area contributed by atoms with Gasteiger partial charge in [-0.3, -0.25) is 14.6 Å². The van der Waals surface area contributed by atoms with Crippen molar-refractivity contribution in [3.8, 4) is 11.6 Å². The molecule has 0 saturated carbocycles. The minimum Gasteiger partial charge on any atom is -0.437 e. The third-order valence-corrected chi connectivity index (χ3v) is 9.66. The van der Waals surface area contributed by atoms with Crippen molar-refractivity contribution in [2.45, 2.75) is 44.7 Å². The van der Waals surface area contributed by atoms with Crippen molar-refractivity contribution in [1.29, 1.82) is 0 Å². The predicted molar refractivity (Wildman–Crippen MR) is 167 cm³/mol. The fraction of sp³-hybridized carbons (Fsp3) is 0.545. The zero-order chi connectivity index (χ0) is 29.7. The molecule has 11 heteroatoms. The molecular weight excluding hydrogens is 554 g/mol. The average molecular weight is 598 g/mol. The number of rotatable bonds is 8. The first-order valence-electron chi connectivity index (χ1n) is 16.2. The second kappa shape index (κ2) is 13.5. The number of anilines is 1. The van der Waals surface area contributed by atoms with E-state index in [4.69, 9.17) is 4.74 Å². The van der Waals surface area contributed by atoms with Crippen LogP contribution < -0.4 is 15.0 Å². The summed E-state index contributed by atoms with van der Waals surface area (Å²) in [5.41, 5.74) is 4.40. The Hall–Kier alpha value is -3.67. The van der Waals surface area contributed by atoms with Gasteiger partial charge in [-0.1, -0.05) is 12.1 Å². The quantitative estimate of drug-likeness (QED) is 0.417. The van der Waals surface area contributed by atoms with Crippen LogP contribution >= 0.6 is 0 Å². The van der Waals surface area contributed by atoms with E-state index in [1.807, 2.05) is 35.5 Å². The molecule has 232 valence electrons. The van der Waals surface area contributed by atoms with Gasteiger partial charge in [0, 0.05) is 82.6 Å². The summed E-state index contributed by atoms with van der Waals surface area (Å²) in [6.07, 6.45) is 9.91. The molecule has 1 aromatic carbocycles. The van der Waals surface area contributed by atoms with E-state index in [0.717, 1.165) is 100 Å². The molecule has 1 N–H and O–H groups in total. The molecule has 0 unspecified atom stereocenters. The van der Waals surface area contributed by atoms with E-state index in [0.29, 0.717) is 19.0 Å². The van der Waals surface area contributed by atoms with Gasteiger partial charge in [0.15, 0.2) is 0 Å². The van der Waals surface area contributed by atoms with E-state index in [1.165, 1.54) is 24.9 Å². The number of amides is 1. The van der Waals surface area contributed by atoms with Crippen LogP contribution in [0.5, 0.6) is 11.6 Å². The lowest BCUT2D eigenvalue weighted by atomic mass is 9.90. The maximum Gasteiger partial charge on any atom is 0.240 e. The number of hydrogen-bond donors (Lipinski definition) is 1. The van der Waals surface area contributed by atoms with Crippen LogP contribution in [0.1, 0.15) is 48.4 Å². The van der Waals surface area contributed by atoms with E-state index in [1.54, 1.807) is 6.33 Å². The molecule has 4 aliphatic heterocycles. The molecule has 7 rings (SSSR count). The summed E-state index contributed by atoms with van der Waals surface area (Å²) in [6.45, 7) is 11.0. The molecule has 6 heterocycles. The minimum atomic E-state index is 0.182. The van der Waals surface area contributed by atoms with Crippen LogP contribution in [0.3, 0.4) is 0 Å². The van der Waals surface area contributed by atoms with Crippen molar-refractivity contribution >= 4 is 11.6 Å². The lowest BCUT2D eigenvalue weighted by Crippen LogP contribution is -2.48. The summed E-state index contributed by atoms with van der Waals surface area (Å²) in [7, 11) is 0. The average Bonchev–Trinajstić information content (AvgIpc) is 3.48. The Morgan fingerprint density at radius 3 is 2.73 bits per heavy atom. The van der Waals surface area contributed by atoms with Crippen LogP contribution in [-0.4, -0.2) is 106 Å². The molecule has 1 atom stereocenters. The summed E-state index contributed by atoms with van der Waals surface area (Å²) in [6, 6.07) is 10.3. The van der Waals surface area contributed by atoms with Gasteiger partial charge in [-0.2, -0.15) is 5.10 Å². The maximum atomic E-state index is 13.3. The Morgan fingerprint density at radius 1 is 0.977 bits per heavy atom. The Morgan fingerprint density at radius 2 is 1.86 bits per heavy atom. The van der Waals surface area contributed by atoms with Gasteiger partial charge in [0.2, 0.25) is 11.8 Å². The van der Waals surface area contributed by atoms with Crippen molar-refractivity contribution in [3.63, 3.8) is 0 Å². The molecule has 0 bridgehead atoms. The van der Waals surface area contributed by atoms with Crippen molar-refractivity contribution < 1.29 is 9.53 Å². The lowest BCUT2D eigenvalue weighted by Gasteiger charge is -2.38. The van der Waals surface area contributed by atoms with Gasteiger partial charge >= 0.3 is 0 Å². The van der Waals surface area contributed by atoms with Crippen LogP contribution in [0.25, 0.3) is 0 Å². The van der Waals surface area contributed by atoms with Crippen LogP contribution in [0, 0.1) is 5.92 Å². The first-order valence-corrected chi connectivity index (χ1v) is 16.2. The van der Waals surface area contributed by atoms with Gasteiger partial charge in [0.05, 0.1) is 24.1 Å². The van der Waals surface area contributed by atoms with Gasteiger partial charge < -0.3 is 19.9 Å². The molecular formula is C33H43N9O2. The first-order chi connectivity index (χ1) is 21.7. The Labute approximate surface area is 259 Å². The third-order valence-electron chi connectivity index (χ3n) is 9.66. The summed E-state index contributed by atoms with van der Waals surface area (Å²) in [5.74, 6) is 2.54. The van der Waals surface area contributed by atoms with Crippen LogP contribution in [0.15, 0.2) is 49.1 Å². The van der Waals surface area contributed by atoms with E-state index in [9.17, 15) is 4.79 Å². The van der Waals surface area contributed by atoms with Crippen molar-refractivity contribution in [2.24, 2.45) is 5.92 Å². The molecule has 3 saturated heterocycles. The van der Waals surface area contributed by atoms with Gasteiger partial charge in [-0.05, 0) is 62.4 Å². The zero-order valence-corrected chi connectivity index (χ0v) is 25.5. The summed E-state index contributed by atoms with van der Waals surface area (Å²) < 4.78 is 6.24. The predicted octanol–water partition coefficient (Wildman–Crippen LogP) is 2.90. The highest BCUT2D eigenvalue weighted by Gasteiger charge is 2.29. The highest BCUT2D eigenvalue weighted by molar-refractivity contribution is 5.78. The number of ether oxygens (including phenoxy) is 1. The molecule has 44 heavy (non-hydrogen) atoms. The third kappa shape index (κ3) is 7.00.